The molecular formula is C22H27ClFN2P. The Morgan fingerprint density at radius 1 is 1.15 bits per heavy atom. The number of benzene rings is 2. The molecule has 0 aromatic heterocycles. The molecule has 0 fully saturated rings. The molecule has 0 radical (unpaired) electrons. The normalized spacial score (nSPS) is 13.9. The van der Waals surface area contributed by atoms with Crippen LogP contribution in [0.4, 0.5) is 10.1 Å². The Labute approximate surface area is 169 Å². The average molecular weight is 405 g/mol. The summed E-state index contributed by atoms with van der Waals surface area (Å²) in [6.07, 6.45) is 0. The smallest absolute Gasteiger partial charge is 0.145 e. The van der Waals surface area contributed by atoms with Gasteiger partial charge in [0.15, 0.2) is 0 Å². The fourth-order valence-corrected chi connectivity index (χ4v) is 3.20. The zero-order chi connectivity index (χ0) is 20.4. The highest BCUT2D eigenvalue weighted by Gasteiger charge is 2.20. The quantitative estimate of drug-likeness (QED) is 0.305. The lowest BCUT2D eigenvalue weighted by atomic mass is 10.1. The molecule has 5 heteroatoms. The molecule has 0 saturated heterocycles. The van der Waals surface area contributed by atoms with E-state index in [2.05, 4.69) is 9.24 Å². The number of anilines is 1. The number of alkyl halides is 1. The number of amidine groups is 1. The second-order valence-corrected chi connectivity index (χ2v) is 8.67. The van der Waals surface area contributed by atoms with Crippen LogP contribution in [0.15, 0.2) is 53.0 Å². The van der Waals surface area contributed by atoms with Crippen LogP contribution in [0.25, 0.3) is 5.70 Å². The summed E-state index contributed by atoms with van der Waals surface area (Å²) in [4.78, 5) is 6.79. The van der Waals surface area contributed by atoms with E-state index in [4.69, 9.17) is 16.6 Å². The van der Waals surface area contributed by atoms with Crippen molar-refractivity contribution in [3.05, 3.63) is 69.8 Å². The van der Waals surface area contributed by atoms with E-state index in [9.17, 15) is 4.39 Å². The third kappa shape index (κ3) is 5.40. The first kappa shape index (κ1) is 21.6. The number of aryl methyl sites for hydroxylation is 1. The fraction of sp³-hybridized carbons (Fsp3) is 0.318. The van der Waals surface area contributed by atoms with Crippen LogP contribution in [0.3, 0.4) is 0 Å². The minimum atomic E-state index is -1.47. The SMILES string of the molecule is CC(=NC(=C(C)C)c1ccc(C)cc1Cl)N(C)c1cccc(C(C)(F)P)c1. The van der Waals surface area contributed by atoms with E-state index in [0.29, 0.717) is 10.6 Å². The lowest BCUT2D eigenvalue weighted by Gasteiger charge is -2.22. The van der Waals surface area contributed by atoms with Gasteiger partial charge in [0, 0.05) is 18.3 Å². The van der Waals surface area contributed by atoms with Crippen LogP contribution in [0, 0.1) is 6.92 Å². The van der Waals surface area contributed by atoms with Crippen molar-refractivity contribution in [1.82, 2.24) is 0 Å². The maximum absolute atomic E-state index is 14.3. The van der Waals surface area contributed by atoms with E-state index < -0.39 is 5.41 Å². The van der Waals surface area contributed by atoms with Crippen LogP contribution in [-0.2, 0) is 5.41 Å². The van der Waals surface area contributed by atoms with E-state index in [1.807, 2.05) is 76.0 Å². The van der Waals surface area contributed by atoms with Crippen molar-refractivity contribution < 1.29 is 4.39 Å². The Hall–Kier alpha value is -1.70. The molecule has 0 N–H and O–H groups in total. The van der Waals surface area contributed by atoms with Crippen LogP contribution < -0.4 is 4.90 Å². The van der Waals surface area contributed by atoms with Gasteiger partial charge in [-0.15, -0.1) is 0 Å². The van der Waals surface area contributed by atoms with E-state index in [0.717, 1.165) is 33.9 Å². The number of aliphatic imine (C=N–C) groups is 1. The number of hydrogen-bond acceptors (Lipinski definition) is 1. The summed E-state index contributed by atoms with van der Waals surface area (Å²) in [6, 6.07) is 13.4. The van der Waals surface area contributed by atoms with Gasteiger partial charge in [-0.05, 0) is 69.5 Å². The minimum Gasteiger partial charge on any atom is -0.333 e. The molecule has 0 aliphatic heterocycles. The second kappa shape index (κ2) is 8.54. The predicted octanol–water partition coefficient (Wildman–Crippen LogP) is 6.97. The van der Waals surface area contributed by atoms with Crippen LogP contribution in [0.2, 0.25) is 5.02 Å². The van der Waals surface area contributed by atoms with Gasteiger partial charge in [-0.3, -0.25) is 0 Å². The van der Waals surface area contributed by atoms with Crippen molar-refractivity contribution in [3.8, 4) is 0 Å². The summed E-state index contributed by atoms with van der Waals surface area (Å²) in [5, 5.41) is -0.786. The Kier molecular flexibility index (Phi) is 6.83. The second-order valence-electron chi connectivity index (χ2n) is 7.18. The van der Waals surface area contributed by atoms with E-state index in [1.165, 1.54) is 6.92 Å². The molecule has 2 unspecified atom stereocenters. The van der Waals surface area contributed by atoms with E-state index in [-0.39, 0.29) is 0 Å². The van der Waals surface area contributed by atoms with Crippen molar-refractivity contribution >= 4 is 38.1 Å². The summed E-state index contributed by atoms with van der Waals surface area (Å²) in [5.41, 5.74) is 5.42. The third-order valence-electron chi connectivity index (χ3n) is 4.41. The minimum absolute atomic E-state index is 0.605. The molecule has 27 heavy (non-hydrogen) atoms. The molecule has 2 atom stereocenters. The van der Waals surface area contributed by atoms with E-state index >= 15 is 0 Å². The number of rotatable bonds is 4. The summed E-state index contributed by atoms with van der Waals surface area (Å²) in [6.45, 7) is 9.51. The van der Waals surface area contributed by atoms with Crippen LogP contribution in [-0.4, -0.2) is 12.9 Å². The standard InChI is InChI=1S/C22H27ClFN2P/c1-14(2)21(19-11-10-15(3)12-20(19)23)25-16(4)26(6)18-9-7-8-17(13-18)22(5,24)27/h7-13H,27H2,1-6H3. The molecule has 2 aromatic carbocycles. The summed E-state index contributed by atoms with van der Waals surface area (Å²) in [7, 11) is 4.16. The van der Waals surface area contributed by atoms with Crippen molar-refractivity contribution in [2.75, 3.05) is 11.9 Å². The lowest BCUT2D eigenvalue weighted by Crippen LogP contribution is -2.24. The summed E-state index contributed by atoms with van der Waals surface area (Å²) >= 11 is 6.46. The van der Waals surface area contributed by atoms with E-state index in [1.54, 1.807) is 6.07 Å². The first-order valence-corrected chi connectivity index (χ1v) is 9.77. The summed E-state index contributed by atoms with van der Waals surface area (Å²) < 4.78 is 14.3. The molecule has 2 aromatic rings. The highest BCUT2D eigenvalue weighted by Crippen LogP contribution is 2.34. The summed E-state index contributed by atoms with van der Waals surface area (Å²) in [5.74, 6) is 0.796. The van der Waals surface area contributed by atoms with Gasteiger partial charge in [0.1, 0.15) is 11.2 Å². The first-order valence-electron chi connectivity index (χ1n) is 8.82. The predicted molar refractivity (Wildman–Crippen MR) is 121 cm³/mol. The van der Waals surface area contributed by atoms with Gasteiger partial charge >= 0.3 is 0 Å². The molecule has 2 nitrogen and oxygen atoms in total. The molecule has 0 heterocycles. The number of hydrogen-bond donors (Lipinski definition) is 0. The molecule has 144 valence electrons. The van der Waals surface area contributed by atoms with Gasteiger partial charge < -0.3 is 4.90 Å². The highest BCUT2D eigenvalue weighted by molar-refractivity contribution is 7.18. The zero-order valence-corrected chi connectivity index (χ0v) is 18.7. The largest absolute Gasteiger partial charge is 0.333 e. The maximum Gasteiger partial charge on any atom is 0.145 e. The topological polar surface area (TPSA) is 15.6 Å². The molecule has 0 amide bonds. The van der Waals surface area contributed by atoms with Crippen LogP contribution >= 0.6 is 20.8 Å². The first-order chi connectivity index (χ1) is 12.5. The molecule has 2 rings (SSSR count). The van der Waals surface area contributed by atoms with Gasteiger partial charge in [-0.1, -0.05) is 45.1 Å². The van der Waals surface area contributed by atoms with Crippen molar-refractivity contribution in [3.63, 3.8) is 0 Å². The van der Waals surface area contributed by atoms with Gasteiger partial charge in [0.2, 0.25) is 0 Å². The highest BCUT2D eigenvalue weighted by atomic mass is 35.5. The zero-order valence-electron chi connectivity index (χ0n) is 16.8. The molecule has 0 bridgehead atoms. The molecular weight excluding hydrogens is 378 g/mol. The number of allylic oxidation sites excluding steroid dienone is 1. The van der Waals surface area contributed by atoms with Crippen LogP contribution in [0.1, 0.15) is 44.4 Å². The van der Waals surface area contributed by atoms with Gasteiger partial charge in [-0.25, -0.2) is 9.38 Å². The molecule has 0 saturated carbocycles. The third-order valence-corrected chi connectivity index (χ3v) is 5.06. The number of nitrogens with zero attached hydrogens (tertiary/aromatic N) is 2. The van der Waals surface area contributed by atoms with Crippen LogP contribution in [0.5, 0.6) is 0 Å². The molecule has 0 aliphatic carbocycles. The Morgan fingerprint density at radius 2 is 1.81 bits per heavy atom. The maximum atomic E-state index is 14.3. The average Bonchev–Trinajstić information content (AvgIpc) is 2.58. The Balaban J connectivity index is 2.43. The number of halogens is 2. The lowest BCUT2D eigenvalue weighted by molar-refractivity contribution is 0.324. The molecule has 0 spiro atoms. The Morgan fingerprint density at radius 3 is 2.37 bits per heavy atom. The van der Waals surface area contributed by atoms with Crippen molar-refractivity contribution in [2.24, 2.45) is 4.99 Å². The van der Waals surface area contributed by atoms with Crippen molar-refractivity contribution in [2.45, 2.75) is 40.0 Å². The fourth-order valence-electron chi connectivity index (χ4n) is 2.70. The monoisotopic (exact) mass is 404 g/mol. The van der Waals surface area contributed by atoms with Gasteiger partial charge in [0.25, 0.3) is 0 Å². The van der Waals surface area contributed by atoms with Crippen molar-refractivity contribution in [1.29, 1.82) is 0 Å². The van der Waals surface area contributed by atoms with Gasteiger partial charge in [0.05, 0.1) is 10.7 Å². The molecule has 0 aliphatic rings. The van der Waals surface area contributed by atoms with Gasteiger partial charge in [-0.2, -0.15) is 0 Å². The Bertz CT molecular complexity index is 893.